The molecule has 0 radical (unpaired) electrons. The van der Waals surface area contributed by atoms with E-state index in [-0.39, 0.29) is 27.3 Å². The van der Waals surface area contributed by atoms with Gasteiger partial charge in [-0.25, -0.2) is 8.42 Å². The third-order valence-electron chi connectivity index (χ3n) is 4.04. The molecule has 0 aliphatic carbocycles. The molecule has 1 N–H and O–H groups in total. The molecule has 2 rings (SSSR count). The number of nitrogens with zero attached hydrogens (tertiary/aromatic N) is 1. The monoisotopic (exact) mass is 508 g/mol. The van der Waals surface area contributed by atoms with Gasteiger partial charge in [0, 0.05) is 6.54 Å². The third kappa shape index (κ3) is 7.07. The van der Waals surface area contributed by atoms with Gasteiger partial charge >= 0.3 is 0 Å². The first kappa shape index (κ1) is 25.4. The van der Waals surface area contributed by atoms with Crippen molar-refractivity contribution < 1.29 is 22.7 Å². The van der Waals surface area contributed by atoms with Crippen LogP contribution in [0, 0.1) is 0 Å². The summed E-state index contributed by atoms with van der Waals surface area (Å²) in [5, 5.41) is 3.04. The van der Waals surface area contributed by atoms with Crippen LogP contribution in [-0.2, 0) is 21.4 Å². The first-order chi connectivity index (χ1) is 14.6. The van der Waals surface area contributed by atoms with Crippen LogP contribution in [0.15, 0.2) is 30.3 Å². The van der Waals surface area contributed by atoms with Crippen molar-refractivity contribution in [1.82, 2.24) is 5.32 Å². The van der Waals surface area contributed by atoms with Crippen molar-refractivity contribution in [2.75, 3.05) is 30.3 Å². The molecule has 0 spiro atoms. The number of ether oxygens (including phenoxy) is 2. The number of amides is 1. The molecule has 0 heterocycles. The van der Waals surface area contributed by atoms with E-state index in [1.165, 1.54) is 12.1 Å². The zero-order valence-electron chi connectivity index (χ0n) is 17.2. The van der Waals surface area contributed by atoms with Gasteiger partial charge in [0.05, 0.1) is 40.2 Å². The number of halogens is 3. The molecule has 0 fully saturated rings. The van der Waals surface area contributed by atoms with Crippen molar-refractivity contribution >= 4 is 56.4 Å². The average Bonchev–Trinajstić information content (AvgIpc) is 2.69. The van der Waals surface area contributed by atoms with E-state index in [1.54, 1.807) is 18.2 Å². The lowest BCUT2D eigenvalue weighted by atomic mass is 10.2. The van der Waals surface area contributed by atoms with Crippen LogP contribution in [-0.4, -0.2) is 40.3 Å². The third-order valence-corrected chi connectivity index (χ3v) is 6.19. The SMILES string of the molecule is CCOc1ccc(CNC(=O)CN(c2cc(Cl)c(Cl)cc2Cl)S(C)(=O)=O)cc1OCC. The highest BCUT2D eigenvalue weighted by Gasteiger charge is 2.24. The summed E-state index contributed by atoms with van der Waals surface area (Å²) < 4.78 is 36.5. The Kier molecular flexibility index (Phi) is 9.12. The van der Waals surface area contributed by atoms with Crippen LogP contribution in [0.25, 0.3) is 0 Å². The Labute approximate surface area is 197 Å². The van der Waals surface area contributed by atoms with Gasteiger partial charge < -0.3 is 14.8 Å². The molecule has 31 heavy (non-hydrogen) atoms. The van der Waals surface area contributed by atoms with E-state index in [0.717, 1.165) is 16.1 Å². The number of carbonyl (C=O) groups excluding carboxylic acids is 1. The molecule has 0 aliphatic rings. The molecular weight excluding hydrogens is 487 g/mol. The highest BCUT2D eigenvalue weighted by Crippen LogP contribution is 2.35. The summed E-state index contributed by atoms with van der Waals surface area (Å²) in [7, 11) is -3.82. The molecule has 0 atom stereocenters. The minimum atomic E-state index is -3.82. The highest BCUT2D eigenvalue weighted by atomic mass is 35.5. The van der Waals surface area contributed by atoms with E-state index in [4.69, 9.17) is 44.3 Å². The van der Waals surface area contributed by atoms with Crippen LogP contribution in [0.4, 0.5) is 5.69 Å². The molecule has 0 saturated heterocycles. The van der Waals surface area contributed by atoms with Gasteiger partial charge in [0.25, 0.3) is 0 Å². The summed E-state index contributed by atoms with van der Waals surface area (Å²) in [4.78, 5) is 12.5. The van der Waals surface area contributed by atoms with E-state index in [0.29, 0.717) is 24.7 Å². The number of hydrogen-bond acceptors (Lipinski definition) is 5. The molecule has 0 bridgehead atoms. The Bertz CT molecular complexity index is 1050. The molecule has 7 nitrogen and oxygen atoms in total. The second-order valence-corrected chi connectivity index (χ2v) is 9.54. The van der Waals surface area contributed by atoms with Gasteiger partial charge in [0.2, 0.25) is 15.9 Å². The fraction of sp³-hybridized carbons (Fsp3) is 0.350. The smallest absolute Gasteiger partial charge is 0.241 e. The fourth-order valence-electron chi connectivity index (χ4n) is 2.68. The van der Waals surface area contributed by atoms with Crippen molar-refractivity contribution in [2.45, 2.75) is 20.4 Å². The fourth-order valence-corrected chi connectivity index (χ4v) is 4.23. The minimum Gasteiger partial charge on any atom is -0.490 e. The van der Waals surface area contributed by atoms with Crippen LogP contribution >= 0.6 is 34.8 Å². The Morgan fingerprint density at radius 3 is 2.19 bits per heavy atom. The number of rotatable bonds is 10. The molecule has 0 saturated carbocycles. The molecule has 0 unspecified atom stereocenters. The van der Waals surface area contributed by atoms with Crippen LogP contribution < -0.4 is 19.1 Å². The standard InChI is InChI=1S/C20H23Cl3N2O5S/c1-4-29-18-7-6-13(8-19(18)30-5-2)11-24-20(26)12-25(31(3,27)28)17-10-15(22)14(21)9-16(17)23/h6-10H,4-5,11-12H2,1-3H3,(H,24,26). The van der Waals surface area contributed by atoms with Crippen LogP contribution in [0.2, 0.25) is 15.1 Å². The summed E-state index contributed by atoms with van der Waals surface area (Å²) in [6.45, 7) is 4.37. The maximum absolute atomic E-state index is 12.5. The van der Waals surface area contributed by atoms with Crippen molar-refractivity contribution in [3.8, 4) is 11.5 Å². The van der Waals surface area contributed by atoms with Crippen LogP contribution in [0.1, 0.15) is 19.4 Å². The quantitative estimate of drug-likeness (QED) is 0.476. The number of hydrogen-bond donors (Lipinski definition) is 1. The average molecular weight is 510 g/mol. The van der Waals surface area contributed by atoms with Crippen molar-refractivity contribution in [3.63, 3.8) is 0 Å². The number of carbonyl (C=O) groups is 1. The summed E-state index contributed by atoms with van der Waals surface area (Å²) in [5.41, 5.74) is 0.826. The predicted molar refractivity (Wildman–Crippen MR) is 124 cm³/mol. The molecule has 1 amide bonds. The second-order valence-electron chi connectivity index (χ2n) is 6.41. The molecule has 2 aromatic carbocycles. The Balaban J connectivity index is 2.16. The highest BCUT2D eigenvalue weighted by molar-refractivity contribution is 7.92. The Morgan fingerprint density at radius 2 is 1.58 bits per heavy atom. The Hall–Kier alpha value is -1.87. The lowest BCUT2D eigenvalue weighted by Gasteiger charge is -2.23. The lowest BCUT2D eigenvalue weighted by molar-refractivity contribution is -0.119. The van der Waals surface area contributed by atoms with Gasteiger partial charge in [-0.1, -0.05) is 40.9 Å². The van der Waals surface area contributed by atoms with Gasteiger partial charge in [-0.2, -0.15) is 0 Å². The topological polar surface area (TPSA) is 84.9 Å². The summed E-state index contributed by atoms with van der Waals surface area (Å²) >= 11 is 18.0. The zero-order chi connectivity index (χ0) is 23.2. The zero-order valence-corrected chi connectivity index (χ0v) is 20.3. The molecular formula is C20H23Cl3N2O5S. The van der Waals surface area contributed by atoms with Crippen molar-refractivity contribution in [3.05, 3.63) is 51.0 Å². The summed E-state index contributed by atoms with van der Waals surface area (Å²) in [5.74, 6) is 0.646. The van der Waals surface area contributed by atoms with Gasteiger partial charge in [0.1, 0.15) is 6.54 Å². The first-order valence-electron chi connectivity index (χ1n) is 9.34. The maximum atomic E-state index is 12.5. The lowest BCUT2D eigenvalue weighted by Crippen LogP contribution is -2.40. The van der Waals surface area contributed by atoms with E-state index in [9.17, 15) is 13.2 Å². The molecule has 0 aliphatic heterocycles. The molecule has 0 aromatic heterocycles. The Morgan fingerprint density at radius 1 is 0.968 bits per heavy atom. The van der Waals surface area contributed by atoms with E-state index >= 15 is 0 Å². The minimum absolute atomic E-state index is 0.0560. The number of anilines is 1. The van der Waals surface area contributed by atoms with Crippen molar-refractivity contribution in [1.29, 1.82) is 0 Å². The van der Waals surface area contributed by atoms with Crippen molar-refractivity contribution in [2.24, 2.45) is 0 Å². The molecule has 170 valence electrons. The maximum Gasteiger partial charge on any atom is 0.241 e. The van der Waals surface area contributed by atoms with Gasteiger partial charge in [-0.05, 0) is 43.7 Å². The normalized spacial score (nSPS) is 11.2. The number of benzene rings is 2. The van der Waals surface area contributed by atoms with Gasteiger partial charge in [-0.15, -0.1) is 0 Å². The number of nitrogens with one attached hydrogen (secondary N) is 1. The summed E-state index contributed by atoms with van der Waals surface area (Å²) in [6.07, 6.45) is 0.972. The van der Waals surface area contributed by atoms with Crippen LogP contribution in [0.3, 0.4) is 0 Å². The predicted octanol–water partition coefficient (Wildman–Crippen LogP) is 4.53. The van der Waals surface area contributed by atoms with E-state index in [1.807, 2.05) is 13.8 Å². The largest absolute Gasteiger partial charge is 0.490 e. The second kappa shape index (κ2) is 11.1. The number of sulfonamides is 1. The van der Waals surface area contributed by atoms with Gasteiger partial charge in [-0.3, -0.25) is 9.10 Å². The van der Waals surface area contributed by atoms with E-state index < -0.39 is 22.5 Å². The molecule has 2 aromatic rings. The molecule has 11 heteroatoms. The first-order valence-corrected chi connectivity index (χ1v) is 12.3. The van der Waals surface area contributed by atoms with E-state index in [2.05, 4.69) is 5.32 Å². The van der Waals surface area contributed by atoms with Crippen LogP contribution in [0.5, 0.6) is 11.5 Å². The summed E-state index contributed by atoms with van der Waals surface area (Å²) in [6, 6.07) is 7.94. The van der Waals surface area contributed by atoms with Gasteiger partial charge in [0.15, 0.2) is 11.5 Å².